The quantitative estimate of drug-likeness (QED) is 0.887. The number of rotatable bonds is 3. The average Bonchev–Trinajstić information content (AvgIpc) is 2.49. The molecule has 2 heteroatoms. The van der Waals surface area contributed by atoms with Crippen molar-refractivity contribution in [3.8, 4) is 5.75 Å². The molecule has 3 aliphatic rings. The van der Waals surface area contributed by atoms with Crippen LogP contribution in [0.1, 0.15) is 44.1 Å². The molecule has 0 heterocycles. The summed E-state index contributed by atoms with van der Waals surface area (Å²) in [7, 11) is 1.76. The summed E-state index contributed by atoms with van der Waals surface area (Å²) >= 11 is 0. The lowest BCUT2D eigenvalue weighted by molar-refractivity contribution is -0.00755. The molecule has 0 saturated heterocycles. The van der Waals surface area contributed by atoms with Crippen molar-refractivity contribution in [3.05, 3.63) is 29.8 Å². The third-order valence-electron chi connectivity index (χ3n) is 5.42. The number of benzene rings is 1. The van der Waals surface area contributed by atoms with Crippen LogP contribution in [-0.2, 0) is 5.41 Å². The lowest BCUT2D eigenvalue weighted by atomic mass is 9.52. The Hall–Kier alpha value is -1.02. The second kappa shape index (κ2) is 4.27. The highest BCUT2D eigenvalue weighted by atomic mass is 16.5. The summed E-state index contributed by atoms with van der Waals surface area (Å²) in [6, 6.07) is 8.47. The van der Waals surface area contributed by atoms with Gasteiger partial charge >= 0.3 is 0 Å². The molecule has 3 aliphatic carbocycles. The summed E-state index contributed by atoms with van der Waals surface area (Å²) in [6.45, 7) is 0.370. The Labute approximate surface area is 109 Å². The molecule has 0 radical (unpaired) electrons. The van der Waals surface area contributed by atoms with E-state index in [-0.39, 0.29) is 5.41 Å². The largest absolute Gasteiger partial charge is 0.496 e. The molecule has 2 nitrogen and oxygen atoms in total. The Balaban J connectivity index is 1.94. The highest BCUT2D eigenvalue weighted by Crippen LogP contribution is 2.58. The SMILES string of the molecule is COc1ccccc1C12CCC(CO)(CC1)CC2. The molecule has 98 valence electrons. The van der Waals surface area contributed by atoms with E-state index in [9.17, 15) is 5.11 Å². The first kappa shape index (κ1) is 12.0. The van der Waals surface area contributed by atoms with Crippen LogP contribution >= 0.6 is 0 Å². The number of aliphatic hydroxyl groups is 1. The van der Waals surface area contributed by atoms with E-state index in [2.05, 4.69) is 18.2 Å². The summed E-state index contributed by atoms with van der Waals surface area (Å²) < 4.78 is 5.54. The van der Waals surface area contributed by atoms with Gasteiger partial charge in [0.1, 0.15) is 5.75 Å². The van der Waals surface area contributed by atoms with Gasteiger partial charge in [0, 0.05) is 12.2 Å². The number of aliphatic hydroxyl groups excluding tert-OH is 1. The Morgan fingerprint density at radius 2 is 1.67 bits per heavy atom. The summed E-state index contributed by atoms with van der Waals surface area (Å²) in [5.41, 5.74) is 1.94. The first-order chi connectivity index (χ1) is 8.74. The lowest BCUT2D eigenvalue weighted by Crippen LogP contribution is -2.45. The minimum atomic E-state index is 0.240. The fourth-order valence-electron chi connectivity index (χ4n) is 3.99. The van der Waals surface area contributed by atoms with Gasteiger partial charge in [0.15, 0.2) is 0 Å². The van der Waals surface area contributed by atoms with Gasteiger partial charge < -0.3 is 9.84 Å². The molecule has 0 aliphatic heterocycles. The summed E-state index contributed by atoms with van der Waals surface area (Å²) in [5, 5.41) is 9.60. The van der Waals surface area contributed by atoms with Gasteiger partial charge in [0.2, 0.25) is 0 Å². The molecule has 2 bridgehead atoms. The van der Waals surface area contributed by atoms with E-state index < -0.39 is 0 Å². The molecular weight excluding hydrogens is 224 g/mol. The Bertz CT molecular complexity index is 414. The fraction of sp³-hybridized carbons (Fsp3) is 0.625. The number of fused-ring (bicyclic) bond motifs is 3. The van der Waals surface area contributed by atoms with Crippen LogP contribution in [0.5, 0.6) is 5.75 Å². The number of hydrogen-bond donors (Lipinski definition) is 1. The molecule has 18 heavy (non-hydrogen) atoms. The number of methoxy groups -OCH3 is 1. The third kappa shape index (κ3) is 1.66. The van der Waals surface area contributed by atoms with Gasteiger partial charge in [-0.05, 0) is 55.4 Å². The van der Waals surface area contributed by atoms with Crippen LogP contribution in [0, 0.1) is 5.41 Å². The van der Waals surface area contributed by atoms with E-state index in [1.165, 1.54) is 44.1 Å². The second-order valence-electron chi connectivity index (χ2n) is 6.14. The molecule has 1 aromatic rings. The van der Waals surface area contributed by atoms with Crippen LogP contribution in [0.25, 0.3) is 0 Å². The van der Waals surface area contributed by atoms with Gasteiger partial charge in [0.05, 0.1) is 7.11 Å². The molecule has 4 rings (SSSR count). The van der Waals surface area contributed by atoms with Gasteiger partial charge in [-0.2, -0.15) is 0 Å². The zero-order chi connectivity index (χ0) is 12.6. The number of ether oxygens (including phenoxy) is 1. The van der Waals surface area contributed by atoms with E-state index in [4.69, 9.17) is 4.74 Å². The fourth-order valence-corrected chi connectivity index (χ4v) is 3.99. The molecule has 3 saturated carbocycles. The monoisotopic (exact) mass is 246 g/mol. The topological polar surface area (TPSA) is 29.5 Å². The first-order valence-corrected chi connectivity index (χ1v) is 6.98. The van der Waals surface area contributed by atoms with Crippen LogP contribution in [0.4, 0.5) is 0 Å². The van der Waals surface area contributed by atoms with Crippen molar-refractivity contribution >= 4 is 0 Å². The first-order valence-electron chi connectivity index (χ1n) is 6.98. The lowest BCUT2D eigenvalue weighted by Gasteiger charge is -2.53. The third-order valence-corrected chi connectivity index (χ3v) is 5.42. The Morgan fingerprint density at radius 3 is 2.22 bits per heavy atom. The molecule has 1 N–H and O–H groups in total. The maximum absolute atomic E-state index is 9.60. The average molecular weight is 246 g/mol. The highest BCUT2D eigenvalue weighted by Gasteiger charge is 2.49. The zero-order valence-corrected chi connectivity index (χ0v) is 11.1. The van der Waals surface area contributed by atoms with Gasteiger partial charge in [-0.15, -0.1) is 0 Å². The van der Waals surface area contributed by atoms with Crippen molar-refractivity contribution in [1.82, 2.24) is 0 Å². The van der Waals surface area contributed by atoms with Crippen LogP contribution < -0.4 is 4.74 Å². The number of para-hydroxylation sites is 1. The normalized spacial score (nSPS) is 34.6. The van der Waals surface area contributed by atoms with Crippen molar-refractivity contribution in [3.63, 3.8) is 0 Å². The standard InChI is InChI=1S/C16H22O2/c1-18-14-5-3-2-4-13(14)16-9-6-15(12-17,7-10-16)8-11-16/h2-5,17H,6-12H2,1H3. The van der Waals surface area contributed by atoms with Crippen LogP contribution in [0.15, 0.2) is 24.3 Å². The molecule has 1 aromatic carbocycles. The van der Waals surface area contributed by atoms with Crippen molar-refractivity contribution in [2.24, 2.45) is 5.41 Å². The van der Waals surface area contributed by atoms with Crippen molar-refractivity contribution in [2.45, 2.75) is 43.9 Å². The second-order valence-corrected chi connectivity index (χ2v) is 6.14. The smallest absolute Gasteiger partial charge is 0.122 e. The molecule has 0 aromatic heterocycles. The minimum absolute atomic E-state index is 0.240. The molecular formula is C16H22O2. The van der Waals surface area contributed by atoms with Crippen molar-refractivity contribution < 1.29 is 9.84 Å². The van der Waals surface area contributed by atoms with Gasteiger partial charge in [-0.1, -0.05) is 18.2 Å². The van der Waals surface area contributed by atoms with E-state index >= 15 is 0 Å². The van der Waals surface area contributed by atoms with Crippen molar-refractivity contribution in [2.75, 3.05) is 13.7 Å². The Morgan fingerprint density at radius 1 is 1.06 bits per heavy atom. The van der Waals surface area contributed by atoms with Gasteiger partial charge in [0.25, 0.3) is 0 Å². The molecule has 0 spiro atoms. The van der Waals surface area contributed by atoms with Crippen LogP contribution in [0.2, 0.25) is 0 Å². The highest BCUT2D eigenvalue weighted by molar-refractivity contribution is 5.41. The van der Waals surface area contributed by atoms with Crippen molar-refractivity contribution in [1.29, 1.82) is 0 Å². The van der Waals surface area contributed by atoms with E-state index in [0.717, 1.165) is 5.75 Å². The molecule has 0 unspecified atom stereocenters. The van der Waals surface area contributed by atoms with Crippen LogP contribution in [-0.4, -0.2) is 18.8 Å². The van der Waals surface area contributed by atoms with E-state index in [1.807, 2.05) is 6.07 Å². The predicted octanol–water partition coefficient (Wildman–Crippen LogP) is 3.28. The molecule has 0 atom stereocenters. The molecule has 0 amide bonds. The van der Waals surface area contributed by atoms with E-state index in [0.29, 0.717) is 12.0 Å². The predicted molar refractivity (Wildman–Crippen MR) is 71.9 cm³/mol. The maximum atomic E-state index is 9.60. The summed E-state index contributed by atoms with van der Waals surface area (Å²) in [4.78, 5) is 0. The number of hydrogen-bond acceptors (Lipinski definition) is 2. The summed E-state index contributed by atoms with van der Waals surface area (Å²) in [6.07, 6.45) is 7.11. The summed E-state index contributed by atoms with van der Waals surface area (Å²) in [5.74, 6) is 1.04. The van der Waals surface area contributed by atoms with Gasteiger partial charge in [-0.3, -0.25) is 0 Å². The molecule has 3 fully saturated rings. The minimum Gasteiger partial charge on any atom is -0.496 e. The Kier molecular flexibility index (Phi) is 2.86. The zero-order valence-electron chi connectivity index (χ0n) is 11.1. The maximum Gasteiger partial charge on any atom is 0.122 e. The van der Waals surface area contributed by atoms with E-state index in [1.54, 1.807) is 7.11 Å². The van der Waals surface area contributed by atoms with Gasteiger partial charge in [-0.25, -0.2) is 0 Å². The van der Waals surface area contributed by atoms with Crippen LogP contribution in [0.3, 0.4) is 0 Å².